The number of amides is 1. The summed E-state index contributed by atoms with van der Waals surface area (Å²) in [6, 6.07) is 9.62. The molecule has 1 amide bonds. The number of hydrogen-bond donors (Lipinski definition) is 1. The first-order valence-corrected chi connectivity index (χ1v) is 10.6. The molecule has 1 N–H and O–H groups in total. The fourth-order valence-electron chi connectivity index (χ4n) is 2.75. The van der Waals surface area contributed by atoms with Crippen LogP contribution in [-0.2, 0) is 14.8 Å². The number of carbonyl (C=O) groups excluding carboxylic acids is 1. The number of methoxy groups -OCH3 is 1. The van der Waals surface area contributed by atoms with E-state index >= 15 is 0 Å². The van der Waals surface area contributed by atoms with Crippen LogP contribution >= 0.6 is 0 Å². The Morgan fingerprint density at radius 2 is 1.60 bits per heavy atom. The molecule has 0 spiro atoms. The van der Waals surface area contributed by atoms with Gasteiger partial charge in [-0.15, -0.1) is 13.2 Å². The second-order valence-corrected chi connectivity index (χ2v) is 8.10. The van der Waals surface area contributed by atoms with E-state index in [9.17, 15) is 26.4 Å². The Labute approximate surface area is 172 Å². The van der Waals surface area contributed by atoms with E-state index in [1.54, 1.807) is 19.1 Å². The van der Waals surface area contributed by atoms with Crippen molar-refractivity contribution in [2.45, 2.75) is 25.7 Å². The summed E-state index contributed by atoms with van der Waals surface area (Å²) in [6.07, 6.45) is -3.69. The largest absolute Gasteiger partial charge is 0.573 e. The number of anilines is 2. The number of hydrogen-bond acceptors (Lipinski definition) is 5. The molecule has 0 radical (unpaired) electrons. The van der Waals surface area contributed by atoms with Gasteiger partial charge in [-0.3, -0.25) is 9.10 Å². The molecule has 0 saturated carbocycles. The molecule has 0 fully saturated rings. The molecule has 7 nitrogen and oxygen atoms in total. The number of alkyl halides is 3. The first-order valence-electron chi connectivity index (χ1n) is 8.74. The van der Waals surface area contributed by atoms with Crippen molar-refractivity contribution < 1.29 is 35.9 Å². The molecule has 0 aromatic heterocycles. The van der Waals surface area contributed by atoms with Crippen LogP contribution in [0.3, 0.4) is 0 Å². The topological polar surface area (TPSA) is 84.9 Å². The number of benzene rings is 2. The average molecular weight is 446 g/mol. The van der Waals surface area contributed by atoms with Crippen molar-refractivity contribution in [3.05, 3.63) is 48.5 Å². The van der Waals surface area contributed by atoms with Crippen molar-refractivity contribution in [3.8, 4) is 11.5 Å². The summed E-state index contributed by atoms with van der Waals surface area (Å²) < 4.78 is 71.4. The fourth-order valence-corrected chi connectivity index (χ4v) is 3.97. The van der Waals surface area contributed by atoms with Crippen LogP contribution < -0.4 is 19.1 Å². The molecule has 1 unspecified atom stereocenters. The third-order valence-corrected chi connectivity index (χ3v) is 5.19. The lowest BCUT2D eigenvalue weighted by Gasteiger charge is -2.30. The molecular weight excluding hydrogens is 425 g/mol. The van der Waals surface area contributed by atoms with Gasteiger partial charge in [0.2, 0.25) is 15.9 Å². The molecule has 2 aromatic carbocycles. The summed E-state index contributed by atoms with van der Waals surface area (Å²) in [5.41, 5.74) is 0.463. The van der Waals surface area contributed by atoms with Crippen LogP contribution in [0.15, 0.2) is 48.5 Å². The number of sulfonamides is 1. The molecule has 0 saturated heterocycles. The second-order valence-electron chi connectivity index (χ2n) is 6.24. The number of halogens is 3. The maximum Gasteiger partial charge on any atom is 0.573 e. The van der Waals surface area contributed by atoms with Gasteiger partial charge in [-0.2, -0.15) is 0 Å². The molecule has 0 bridgehead atoms. The van der Waals surface area contributed by atoms with Crippen molar-refractivity contribution in [1.82, 2.24) is 0 Å². The molecule has 2 rings (SSSR count). The van der Waals surface area contributed by atoms with E-state index in [4.69, 9.17) is 4.74 Å². The number of carbonyl (C=O) groups is 1. The van der Waals surface area contributed by atoms with Gasteiger partial charge in [0.05, 0.1) is 19.1 Å². The summed E-state index contributed by atoms with van der Waals surface area (Å²) in [4.78, 5) is 12.8. The normalized spacial score (nSPS) is 12.7. The molecule has 164 valence electrons. The molecule has 2 aromatic rings. The van der Waals surface area contributed by atoms with E-state index in [2.05, 4.69) is 10.1 Å². The minimum Gasteiger partial charge on any atom is -0.497 e. The van der Waals surface area contributed by atoms with Crippen LogP contribution in [0.1, 0.15) is 13.3 Å². The molecular formula is C19H21F3N2O5S. The Kier molecular flexibility index (Phi) is 7.19. The van der Waals surface area contributed by atoms with Gasteiger partial charge in [-0.05, 0) is 55.0 Å². The zero-order valence-corrected chi connectivity index (χ0v) is 17.3. The van der Waals surface area contributed by atoms with Gasteiger partial charge in [0.25, 0.3) is 0 Å². The highest BCUT2D eigenvalue weighted by Crippen LogP contribution is 2.27. The summed E-state index contributed by atoms with van der Waals surface area (Å²) in [5, 5.41) is 2.52. The Hall–Kier alpha value is -2.95. The predicted molar refractivity (Wildman–Crippen MR) is 106 cm³/mol. The lowest BCUT2D eigenvalue weighted by molar-refractivity contribution is -0.274. The fraction of sp³-hybridized carbons (Fsp3) is 0.316. The van der Waals surface area contributed by atoms with Crippen LogP contribution in [0, 0.1) is 0 Å². The van der Waals surface area contributed by atoms with E-state index in [0.717, 1.165) is 22.7 Å². The van der Waals surface area contributed by atoms with Crippen LogP contribution in [0.4, 0.5) is 24.5 Å². The maximum absolute atomic E-state index is 12.8. The van der Waals surface area contributed by atoms with Gasteiger partial charge < -0.3 is 14.8 Å². The van der Waals surface area contributed by atoms with E-state index in [1.807, 2.05) is 0 Å². The monoisotopic (exact) mass is 446 g/mol. The third-order valence-electron chi connectivity index (χ3n) is 4.01. The van der Waals surface area contributed by atoms with Gasteiger partial charge in [0.15, 0.2) is 0 Å². The highest BCUT2D eigenvalue weighted by Gasteiger charge is 2.32. The Morgan fingerprint density at radius 3 is 2.03 bits per heavy atom. The molecule has 0 heterocycles. The van der Waals surface area contributed by atoms with Crippen molar-refractivity contribution >= 4 is 27.3 Å². The van der Waals surface area contributed by atoms with Crippen molar-refractivity contribution in [1.29, 1.82) is 0 Å². The number of nitrogens with one attached hydrogen (secondary N) is 1. The molecule has 0 aliphatic heterocycles. The van der Waals surface area contributed by atoms with Crippen LogP contribution in [0.25, 0.3) is 0 Å². The van der Waals surface area contributed by atoms with Crippen LogP contribution in [0.2, 0.25) is 0 Å². The first kappa shape index (κ1) is 23.3. The Morgan fingerprint density at radius 1 is 1.07 bits per heavy atom. The van der Waals surface area contributed by atoms with E-state index in [-0.39, 0.29) is 17.8 Å². The van der Waals surface area contributed by atoms with Crippen molar-refractivity contribution in [3.63, 3.8) is 0 Å². The number of nitrogens with zero attached hydrogens (tertiary/aromatic N) is 1. The highest BCUT2D eigenvalue weighted by atomic mass is 32.2. The maximum atomic E-state index is 12.8. The van der Waals surface area contributed by atoms with E-state index in [1.165, 1.54) is 31.4 Å². The van der Waals surface area contributed by atoms with Gasteiger partial charge in [0, 0.05) is 5.69 Å². The summed E-state index contributed by atoms with van der Waals surface area (Å²) in [5.74, 6) is -0.558. The summed E-state index contributed by atoms with van der Waals surface area (Å²) in [6.45, 7) is 1.65. The smallest absolute Gasteiger partial charge is 0.497 e. The van der Waals surface area contributed by atoms with Gasteiger partial charge in [0.1, 0.15) is 17.5 Å². The van der Waals surface area contributed by atoms with E-state index < -0.39 is 34.1 Å². The summed E-state index contributed by atoms with van der Waals surface area (Å²) >= 11 is 0. The standard InChI is InChI=1S/C19H21F3N2O5S/c1-4-17(24(30(3,26)27)14-7-11-15(28-2)12-8-14)18(25)23-13-5-9-16(10-6-13)29-19(20,21)22/h5-12,17H,4H2,1-3H3,(H,23,25). The van der Waals surface area contributed by atoms with Crippen LogP contribution in [0.5, 0.6) is 11.5 Å². The predicted octanol–water partition coefficient (Wildman–Crippen LogP) is 3.78. The zero-order chi connectivity index (χ0) is 22.5. The molecule has 30 heavy (non-hydrogen) atoms. The van der Waals surface area contributed by atoms with Crippen molar-refractivity contribution in [2.24, 2.45) is 0 Å². The zero-order valence-electron chi connectivity index (χ0n) is 16.4. The number of ether oxygens (including phenoxy) is 2. The molecule has 0 aliphatic carbocycles. The van der Waals surface area contributed by atoms with Gasteiger partial charge in [-0.1, -0.05) is 6.92 Å². The SMILES string of the molecule is CCC(C(=O)Nc1ccc(OC(F)(F)F)cc1)N(c1ccc(OC)cc1)S(C)(=O)=O. The lowest BCUT2D eigenvalue weighted by Crippen LogP contribution is -2.46. The molecule has 1 atom stereocenters. The van der Waals surface area contributed by atoms with Gasteiger partial charge >= 0.3 is 6.36 Å². The Bertz CT molecular complexity index is 961. The lowest BCUT2D eigenvalue weighted by atomic mass is 10.1. The third kappa shape index (κ3) is 6.28. The minimum absolute atomic E-state index is 0.153. The quantitative estimate of drug-likeness (QED) is 0.667. The average Bonchev–Trinajstić information content (AvgIpc) is 2.65. The minimum atomic E-state index is -4.83. The van der Waals surface area contributed by atoms with Crippen LogP contribution in [-0.4, -0.2) is 40.1 Å². The molecule has 0 aliphatic rings. The van der Waals surface area contributed by atoms with Gasteiger partial charge in [-0.25, -0.2) is 8.42 Å². The Balaban J connectivity index is 2.25. The number of rotatable bonds is 8. The van der Waals surface area contributed by atoms with Crippen molar-refractivity contribution in [2.75, 3.05) is 23.0 Å². The molecule has 11 heteroatoms. The highest BCUT2D eigenvalue weighted by molar-refractivity contribution is 7.92. The summed E-state index contributed by atoms with van der Waals surface area (Å²) in [7, 11) is -2.36. The second kappa shape index (κ2) is 9.24. The first-order chi connectivity index (χ1) is 13.9. The van der Waals surface area contributed by atoms with E-state index in [0.29, 0.717) is 5.75 Å².